The number of ketones is 1. The maximum absolute atomic E-state index is 14.5. The number of aliphatic hydroxyl groups is 1. The van der Waals surface area contributed by atoms with Crippen LogP contribution in [0.2, 0.25) is 0 Å². The molecule has 8 bridgehead atoms. The van der Waals surface area contributed by atoms with E-state index in [1.165, 1.54) is 68.8 Å². The smallest absolute Gasteiger partial charge is 0.306 e. The summed E-state index contributed by atoms with van der Waals surface area (Å²) in [6, 6.07) is -0.353. The number of rotatable bonds is 21. The summed E-state index contributed by atoms with van der Waals surface area (Å²) in [6.07, 6.45) is 22.1. The Hall–Kier alpha value is -4.34. The Morgan fingerprint density at radius 2 is 1.59 bits per heavy atom. The van der Waals surface area contributed by atoms with Crippen molar-refractivity contribution in [3.05, 3.63) is 90.8 Å². The molecule has 2 aromatic rings. The predicted molar refractivity (Wildman–Crippen MR) is 262 cm³/mol. The molecule has 5 N–H and O–H groups in total. The minimum absolute atomic E-state index is 0.0116. The number of ether oxygens (including phenoxy) is 2. The lowest BCUT2D eigenvalue weighted by Gasteiger charge is -2.29. The van der Waals surface area contributed by atoms with E-state index in [1.807, 2.05) is 13.0 Å². The Morgan fingerprint density at radius 1 is 0.906 bits per heavy atom. The van der Waals surface area contributed by atoms with E-state index in [2.05, 4.69) is 114 Å². The average molecular weight is 877 g/mol. The van der Waals surface area contributed by atoms with E-state index in [0.717, 1.165) is 98.5 Å². The zero-order valence-electron chi connectivity index (χ0n) is 41.1. The Morgan fingerprint density at radius 3 is 2.25 bits per heavy atom. The van der Waals surface area contributed by atoms with Crippen molar-refractivity contribution in [2.75, 3.05) is 13.7 Å². The predicted octanol–water partition coefficient (Wildman–Crippen LogP) is 9.97. The standard InChI is InChI=1S/C55H80N4O5/c1-13-39-35(8)42-28-44-37(10)41(24-25-48(60)64-27-26-34(7)23-17-22-33(6)21-16-20-32(5)19-15-18-31(3)4)52(58-44)50-51(55(62)63-12)54(61)49-38(11)45(59-53(49)50)30-47-40(14-2)36(9)43(57-47)29-46(39)56-42/h13,26,28-33,37,41,49,51-52,55-59,62H,1,14-25,27H2,2-12H3/b34-26+,43-29-,44-28-,47-30-/t32-,33-,37+,41+,49?,51-,52?,55?/m1/s1. The first-order chi connectivity index (χ1) is 30.6. The van der Waals surface area contributed by atoms with Gasteiger partial charge in [0.15, 0.2) is 12.1 Å². The summed E-state index contributed by atoms with van der Waals surface area (Å²) in [5.41, 5.74) is 12.1. The maximum atomic E-state index is 14.5. The first kappa shape index (κ1) is 49.1. The number of Topliss-reactive ketones (excluding diaryl/α,β-unsaturated/α-hetero) is 1. The highest BCUT2D eigenvalue weighted by atomic mass is 16.6. The second kappa shape index (κ2) is 21.8. The van der Waals surface area contributed by atoms with Gasteiger partial charge in [0.05, 0.1) is 17.9 Å². The van der Waals surface area contributed by atoms with Crippen LogP contribution in [0.25, 0.3) is 24.3 Å². The van der Waals surface area contributed by atoms with Crippen LogP contribution < -0.4 is 21.3 Å². The first-order valence-corrected chi connectivity index (χ1v) is 24.6. The Labute approximate surface area is 384 Å². The number of hydrogen-bond donors (Lipinski definition) is 5. The molecule has 9 nitrogen and oxygen atoms in total. The first-order valence-electron chi connectivity index (χ1n) is 24.6. The highest BCUT2D eigenvalue weighted by Gasteiger charge is 2.54. The lowest BCUT2D eigenvalue weighted by atomic mass is 9.80. The number of H-pyrrole nitrogens is 2. The number of aromatic nitrogens is 2. The van der Waals surface area contributed by atoms with E-state index in [9.17, 15) is 14.7 Å². The van der Waals surface area contributed by atoms with E-state index in [1.54, 1.807) is 0 Å². The molecule has 1 fully saturated rings. The van der Waals surface area contributed by atoms with Crippen LogP contribution in [0.5, 0.6) is 0 Å². The topological polar surface area (TPSA) is 128 Å². The molecular formula is C55H80N4O5. The second-order valence-corrected chi connectivity index (χ2v) is 20.2. The molecule has 9 heteroatoms. The number of nitrogens with one attached hydrogen (secondary N) is 4. The number of aliphatic hydroxyl groups excluding tert-OH is 1. The summed E-state index contributed by atoms with van der Waals surface area (Å²) in [4.78, 5) is 35.4. The number of esters is 1. The van der Waals surface area contributed by atoms with Gasteiger partial charge in [0.1, 0.15) is 6.61 Å². The van der Waals surface area contributed by atoms with Gasteiger partial charge in [-0.25, -0.2) is 0 Å². The van der Waals surface area contributed by atoms with Crippen LogP contribution >= 0.6 is 0 Å². The SMILES string of the molecule is C=Cc1c2[nH]c(c1C)/C=C1\NC(C3=C4NC(=C(C)C4C(=O)[C@@H]3C(O)OC)/C=c3\[nH]/c(c(C)c3CC)=C\2)[C@@H](CCC(=O)OC/C=C(\C)CCC[C@H](C)CCC[C@H](C)CCCC(C)C)[C@@H]1C. The van der Waals surface area contributed by atoms with Crippen molar-refractivity contribution >= 4 is 36.1 Å². The number of carbonyl (C=O) groups is 2. The zero-order valence-corrected chi connectivity index (χ0v) is 41.1. The van der Waals surface area contributed by atoms with Crippen molar-refractivity contribution in [2.45, 2.75) is 159 Å². The lowest BCUT2D eigenvalue weighted by molar-refractivity contribution is -0.144. The molecule has 5 heterocycles. The number of allylic oxidation sites excluding steroid dienone is 4. The molecule has 4 aliphatic rings. The molecule has 350 valence electrons. The van der Waals surface area contributed by atoms with Crippen molar-refractivity contribution in [3.63, 3.8) is 0 Å². The molecule has 3 unspecified atom stereocenters. The monoisotopic (exact) mass is 877 g/mol. The van der Waals surface area contributed by atoms with Crippen LogP contribution in [0.15, 0.2) is 46.5 Å². The zero-order chi connectivity index (χ0) is 46.4. The Balaban J connectivity index is 1.18. The van der Waals surface area contributed by atoms with Crippen LogP contribution in [0.3, 0.4) is 0 Å². The normalized spacial score (nSPS) is 25.0. The van der Waals surface area contributed by atoms with Crippen molar-refractivity contribution in [3.8, 4) is 0 Å². The number of hydrogen-bond acceptors (Lipinski definition) is 7. The fraction of sp³-hybridized carbons (Fsp3) is 0.600. The summed E-state index contributed by atoms with van der Waals surface area (Å²) in [5, 5.41) is 20.9. The van der Waals surface area contributed by atoms with Gasteiger partial charge in [0.25, 0.3) is 0 Å². The summed E-state index contributed by atoms with van der Waals surface area (Å²) in [7, 11) is 1.44. The van der Waals surface area contributed by atoms with Gasteiger partial charge in [0.2, 0.25) is 0 Å². The molecule has 0 radical (unpaired) electrons. The molecule has 0 aromatic carbocycles. The van der Waals surface area contributed by atoms with E-state index in [-0.39, 0.29) is 42.7 Å². The summed E-state index contributed by atoms with van der Waals surface area (Å²) in [6.45, 7) is 26.6. The largest absolute Gasteiger partial charge is 0.461 e. The van der Waals surface area contributed by atoms with Crippen molar-refractivity contribution < 1.29 is 24.2 Å². The number of carbonyl (C=O) groups excluding carboxylic acids is 2. The van der Waals surface area contributed by atoms with Gasteiger partial charge >= 0.3 is 5.97 Å². The second-order valence-electron chi connectivity index (χ2n) is 20.2. The van der Waals surface area contributed by atoms with Gasteiger partial charge in [-0.15, -0.1) is 0 Å². The molecule has 0 amide bonds. The lowest BCUT2D eigenvalue weighted by Crippen LogP contribution is -2.39. The third-order valence-corrected chi connectivity index (χ3v) is 15.1. The molecule has 3 aliphatic heterocycles. The number of aromatic amines is 2. The third kappa shape index (κ3) is 10.8. The van der Waals surface area contributed by atoms with E-state index < -0.39 is 18.1 Å². The molecular weight excluding hydrogens is 797 g/mol. The van der Waals surface area contributed by atoms with Crippen molar-refractivity contribution in [1.82, 2.24) is 20.6 Å². The molecule has 0 spiro atoms. The molecule has 8 atom stereocenters. The quantitative estimate of drug-likeness (QED) is 0.0480. The maximum Gasteiger partial charge on any atom is 0.306 e. The van der Waals surface area contributed by atoms with Crippen LogP contribution in [-0.2, 0) is 25.5 Å². The molecule has 1 saturated heterocycles. The fourth-order valence-corrected chi connectivity index (χ4v) is 11.0. The van der Waals surface area contributed by atoms with Gasteiger partial charge in [-0.05, 0) is 129 Å². The van der Waals surface area contributed by atoms with E-state index in [4.69, 9.17) is 9.47 Å². The molecule has 0 saturated carbocycles. The molecule has 2 aromatic heterocycles. The van der Waals surface area contributed by atoms with Crippen LogP contribution in [0.4, 0.5) is 0 Å². The molecule has 1 aliphatic carbocycles. The highest BCUT2D eigenvalue weighted by Crippen LogP contribution is 2.49. The summed E-state index contributed by atoms with van der Waals surface area (Å²) >= 11 is 0. The average Bonchev–Trinajstić information content (AvgIpc) is 3.99. The molecule has 6 rings (SSSR count). The molecule has 64 heavy (non-hydrogen) atoms. The number of methoxy groups -OCH3 is 1. The van der Waals surface area contributed by atoms with Crippen LogP contribution in [-0.4, -0.2) is 52.9 Å². The van der Waals surface area contributed by atoms with Gasteiger partial charge < -0.3 is 35.2 Å². The van der Waals surface area contributed by atoms with Crippen molar-refractivity contribution in [1.29, 1.82) is 0 Å². The van der Waals surface area contributed by atoms with Gasteiger partial charge in [-0.3, -0.25) is 9.59 Å². The van der Waals surface area contributed by atoms with Gasteiger partial charge in [-0.1, -0.05) is 105 Å². The Bertz CT molecular complexity index is 2280. The van der Waals surface area contributed by atoms with Crippen LogP contribution in [0, 0.1) is 55.3 Å². The third-order valence-electron chi connectivity index (χ3n) is 15.1. The van der Waals surface area contributed by atoms with Crippen molar-refractivity contribution in [2.24, 2.45) is 41.4 Å². The minimum Gasteiger partial charge on any atom is -0.461 e. The minimum atomic E-state index is -1.32. The van der Waals surface area contributed by atoms with Gasteiger partial charge in [-0.2, -0.15) is 0 Å². The Kier molecular flexibility index (Phi) is 16.7. The number of fused-ring (bicyclic) bond motifs is 8. The van der Waals surface area contributed by atoms with Gasteiger partial charge in [0, 0.05) is 64.2 Å². The highest BCUT2D eigenvalue weighted by molar-refractivity contribution is 5.97. The van der Waals surface area contributed by atoms with E-state index >= 15 is 0 Å². The fourth-order valence-electron chi connectivity index (χ4n) is 11.0. The summed E-state index contributed by atoms with van der Waals surface area (Å²) < 4.78 is 11.4. The van der Waals surface area contributed by atoms with E-state index in [0.29, 0.717) is 6.42 Å². The van der Waals surface area contributed by atoms with Crippen LogP contribution in [0.1, 0.15) is 160 Å². The summed E-state index contributed by atoms with van der Waals surface area (Å²) in [5.74, 6) is 0.537.